The Morgan fingerprint density at radius 3 is 2.56 bits per heavy atom. The molecule has 88 valence electrons. The van der Waals surface area contributed by atoms with E-state index >= 15 is 0 Å². The third-order valence-electron chi connectivity index (χ3n) is 2.18. The molecule has 1 aromatic carbocycles. The van der Waals surface area contributed by atoms with Crippen molar-refractivity contribution in [2.75, 3.05) is 13.2 Å². The molecule has 1 unspecified atom stereocenters. The molecule has 1 N–H and O–H groups in total. The first-order chi connectivity index (χ1) is 7.63. The molecular weight excluding hydrogens is 208 g/mol. The maximum absolute atomic E-state index is 10.5. The summed E-state index contributed by atoms with van der Waals surface area (Å²) in [7, 11) is 0. The molecular formula is C11H16N2O3. The summed E-state index contributed by atoms with van der Waals surface area (Å²) < 4.78 is 0. The second-order valence-electron chi connectivity index (χ2n) is 3.53. The van der Waals surface area contributed by atoms with Crippen molar-refractivity contribution < 1.29 is 9.76 Å². The molecule has 0 bridgehead atoms. The van der Waals surface area contributed by atoms with Gasteiger partial charge in [-0.1, -0.05) is 29.8 Å². The van der Waals surface area contributed by atoms with Gasteiger partial charge in [0.1, 0.15) is 6.04 Å². The summed E-state index contributed by atoms with van der Waals surface area (Å²) in [5, 5.41) is 10.5. The van der Waals surface area contributed by atoms with Crippen molar-refractivity contribution in [1.29, 1.82) is 0 Å². The summed E-state index contributed by atoms with van der Waals surface area (Å²) in [6.07, 6.45) is 0. The highest BCUT2D eigenvalue weighted by Crippen LogP contribution is 2.14. The van der Waals surface area contributed by atoms with Crippen molar-refractivity contribution >= 4 is 0 Å². The van der Waals surface area contributed by atoms with Crippen LogP contribution in [-0.2, 0) is 4.84 Å². The first-order valence-electron chi connectivity index (χ1n) is 5.19. The number of nitro groups is 1. The minimum atomic E-state index is -0.407. The molecule has 0 aliphatic heterocycles. The minimum Gasteiger partial charge on any atom is -0.301 e. The molecule has 1 atom stereocenters. The van der Waals surface area contributed by atoms with Crippen LogP contribution >= 0.6 is 0 Å². The maximum atomic E-state index is 10.5. The predicted molar refractivity (Wildman–Crippen MR) is 60.5 cm³/mol. The van der Waals surface area contributed by atoms with Gasteiger partial charge in [0.15, 0.2) is 0 Å². The van der Waals surface area contributed by atoms with Crippen LogP contribution in [0.3, 0.4) is 0 Å². The Kier molecular flexibility index (Phi) is 4.88. The van der Waals surface area contributed by atoms with Crippen LogP contribution in [-0.4, -0.2) is 18.1 Å². The Labute approximate surface area is 94.5 Å². The minimum absolute atomic E-state index is 0.191. The van der Waals surface area contributed by atoms with Crippen molar-refractivity contribution in [1.82, 2.24) is 5.48 Å². The van der Waals surface area contributed by atoms with Gasteiger partial charge in [-0.25, -0.2) is 0 Å². The number of nitrogens with zero attached hydrogens (tertiary/aromatic N) is 1. The Hall–Kier alpha value is -1.46. The zero-order valence-corrected chi connectivity index (χ0v) is 9.47. The monoisotopic (exact) mass is 224 g/mol. The molecule has 0 heterocycles. The molecule has 0 aliphatic carbocycles. The zero-order chi connectivity index (χ0) is 12.0. The first-order valence-corrected chi connectivity index (χ1v) is 5.19. The van der Waals surface area contributed by atoms with Crippen molar-refractivity contribution in [3.63, 3.8) is 0 Å². The fourth-order valence-electron chi connectivity index (χ4n) is 1.34. The Bertz CT molecular complexity index is 338. The van der Waals surface area contributed by atoms with Gasteiger partial charge in [-0.15, -0.1) is 0 Å². The van der Waals surface area contributed by atoms with Crippen LogP contribution in [0, 0.1) is 17.0 Å². The number of nitrogens with one attached hydrogen (secondary N) is 1. The van der Waals surface area contributed by atoms with E-state index in [2.05, 4.69) is 5.48 Å². The highest BCUT2D eigenvalue weighted by molar-refractivity contribution is 5.23. The quantitative estimate of drug-likeness (QED) is 0.591. The number of aryl methyl sites for hydroxylation is 1. The third kappa shape index (κ3) is 3.96. The van der Waals surface area contributed by atoms with E-state index < -0.39 is 6.04 Å². The van der Waals surface area contributed by atoms with Crippen molar-refractivity contribution in [2.45, 2.75) is 19.9 Å². The van der Waals surface area contributed by atoms with Crippen molar-refractivity contribution in [3.8, 4) is 0 Å². The average molecular weight is 224 g/mol. The maximum Gasteiger partial charge on any atom is 0.225 e. The number of hydrogen-bond donors (Lipinski definition) is 1. The molecule has 0 spiro atoms. The van der Waals surface area contributed by atoms with E-state index in [9.17, 15) is 10.1 Å². The second-order valence-corrected chi connectivity index (χ2v) is 3.53. The molecule has 0 amide bonds. The standard InChI is InChI=1S/C11H16N2O3/c1-3-16-12-11(8-13(14)15)10-6-4-9(2)5-7-10/h4-7,11-12H,3,8H2,1-2H3. The van der Waals surface area contributed by atoms with E-state index in [1.807, 2.05) is 38.1 Å². The lowest BCUT2D eigenvalue weighted by molar-refractivity contribution is -0.486. The van der Waals surface area contributed by atoms with Gasteiger partial charge < -0.3 is 4.84 Å². The molecule has 1 rings (SSSR count). The van der Waals surface area contributed by atoms with Crippen molar-refractivity contribution in [2.24, 2.45) is 0 Å². The Morgan fingerprint density at radius 2 is 2.06 bits per heavy atom. The summed E-state index contributed by atoms with van der Waals surface area (Å²) in [6.45, 7) is 4.08. The lowest BCUT2D eigenvalue weighted by Crippen LogP contribution is -2.28. The average Bonchev–Trinajstić information content (AvgIpc) is 2.25. The largest absolute Gasteiger partial charge is 0.301 e. The molecule has 0 aromatic heterocycles. The summed E-state index contributed by atoms with van der Waals surface area (Å²) in [6, 6.07) is 7.19. The van der Waals surface area contributed by atoms with Gasteiger partial charge in [-0.2, -0.15) is 5.48 Å². The summed E-state index contributed by atoms with van der Waals surface area (Å²) in [5.74, 6) is 0. The highest BCUT2D eigenvalue weighted by atomic mass is 16.6. The topological polar surface area (TPSA) is 64.4 Å². The Morgan fingerprint density at radius 1 is 1.44 bits per heavy atom. The van der Waals surface area contributed by atoms with Gasteiger partial charge in [-0.05, 0) is 19.4 Å². The molecule has 5 nitrogen and oxygen atoms in total. The smallest absolute Gasteiger partial charge is 0.225 e. The SMILES string of the molecule is CCONC(C[N+](=O)[O-])c1ccc(C)cc1. The van der Waals surface area contributed by atoms with Crippen LogP contribution in [0.25, 0.3) is 0 Å². The molecule has 0 fully saturated rings. The summed E-state index contributed by atoms with van der Waals surface area (Å²) >= 11 is 0. The summed E-state index contributed by atoms with van der Waals surface area (Å²) in [5.41, 5.74) is 4.68. The molecule has 0 radical (unpaired) electrons. The van der Waals surface area contributed by atoms with Gasteiger partial charge in [0.2, 0.25) is 6.54 Å². The first kappa shape index (κ1) is 12.6. The molecule has 5 heteroatoms. The summed E-state index contributed by atoms with van der Waals surface area (Å²) in [4.78, 5) is 15.2. The van der Waals surface area contributed by atoms with E-state index in [0.29, 0.717) is 6.61 Å². The van der Waals surface area contributed by atoms with Crippen LogP contribution in [0.5, 0.6) is 0 Å². The fourth-order valence-corrected chi connectivity index (χ4v) is 1.34. The third-order valence-corrected chi connectivity index (χ3v) is 2.18. The Balaban J connectivity index is 2.74. The molecule has 0 saturated heterocycles. The zero-order valence-electron chi connectivity index (χ0n) is 9.47. The number of benzene rings is 1. The molecule has 0 aliphatic rings. The van der Waals surface area contributed by atoms with E-state index in [1.165, 1.54) is 0 Å². The van der Waals surface area contributed by atoms with Crippen LogP contribution < -0.4 is 5.48 Å². The predicted octanol–water partition coefficient (Wildman–Crippen LogP) is 1.85. The van der Waals surface area contributed by atoms with E-state index in [4.69, 9.17) is 4.84 Å². The van der Waals surface area contributed by atoms with Crippen LogP contribution in [0.2, 0.25) is 0 Å². The molecule has 1 aromatic rings. The molecule has 16 heavy (non-hydrogen) atoms. The van der Waals surface area contributed by atoms with E-state index in [-0.39, 0.29) is 11.5 Å². The number of hydroxylamine groups is 1. The lowest BCUT2D eigenvalue weighted by atomic mass is 10.1. The van der Waals surface area contributed by atoms with E-state index in [0.717, 1.165) is 11.1 Å². The highest BCUT2D eigenvalue weighted by Gasteiger charge is 2.17. The van der Waals surface area contributed by atoms with Crippen LogP contribution in [0.15, 0.2) is 24.3 Å². The molecule has 0 saturated carbocycles. The normalized spacial score (nSPS) is 12.4. The van der Waals surface area contributed by atoms with Gasteiger partial charge in [-0.3, -0.25) is 10.1 Å². The van der Waals surface area contributed by atoms with Gasteiger partial charge in [0.05, 0.1) is 6.61 Å². The van der Waals surface area contributed by atoms with Gasteiger partial charge in [0.25, 0.3) is 0 Å². The van der Waals surface area contributed by atoms with Crippen LogP contribution in [0.4, 0.5) is 0 Å². The van der Waals surface area contributed by atoms with E-state index in [1.54, 1.807) is 0 Å². The van der Waals surface area contributed by atoms with Gasteiger partial charge in [0, 0.05) is 4.92 Å². The number of rotatable bonds is 6. The van der Waals surface area contributed by atoms with Crippen molar-refractivity contribution in [3.05, 3.63) is 45.5 Å². The number of hydrogen-bond acceptors (Lipinski definition) is 4. The van der Waals surface area contributed by atoms with Gasteiger partial charge >= 0.3 is 0 Å². The fraction of sp³-hybridized carbons (Fsp3) is 0.455. The lowest BCUT2D eigenvalue weighted by Gasteiger charge is -2.14. The second kappa shape index (κ2) is 6.19. The van der Waals surface area contributed by atoms with Crippen LogP contribution in [0.1, 0.15) is 24.1 Å².